The zero-order chi connectivity index (χ0) is 15.2. The Bertz CT molecular complexity index is 525. The number of carbonyl (C=O) groups excluding carboxylic acids is 1. The molecule has 0 amide bonds. The number of hydrogen-bond donors (Lipinski definition) is 0. The molecule has 0 unspecified atom stereocenters. The summed E-state index contributed by atoms with van der Waals surface area (Å²) in [5, 5.41) is 0. The molecular formula is C14H21NO4S. The van der Waals surface area contributed by atoms with Crippen LogP contribution in [0.5, 0.6) is 0 Å². The SMILES string of the molecule is CCOC(=O)CN(C(C)C)S(=O)(=O)Cc1ccccc1. The maximum atomic E-state index is 12.4. The minimum Gasteiger partial charge on any atom is -0.465 e. The Morgan fingerprint density at radius 3 is 2.35 bits per heavy atom. The fourth-order valence-electron chi connectivity index (χ4n) is 1.80. The van der Waals surface area contributed by atoms with Crippen molar-refractivity contribution >= 4 is 16.0 Å². The van der Waals surface area contributed by atoms with Crippen molar-refractivity contribution in [2.24, 2.45) is 0 Å². The lowest BCUT2D eigenvalue weighted by atomic mass is 10.2. The van der Waals surface area contributed by atoms with Gasteiger partial charge in [0.25, 0.3) is 0 Å². The molecule has 0 aliphatic rings. The highest BCUT2D eigenvalue weighted by Crippen LogP contribution is 2.14. The minimum absolute atomic E-state index is 0.120. The van der Waals surface area contributed by atoms with Gasteiger partial charge >= 0.3 is 5.97 Å². The van der Waals surface area contributed by atoms with E-state index in [1.54, 1.807) is 45.0 Å². The minimum atomic E-state index is -3.56. The van der Waals surface area contributed by atoms with E-state index in [1.165, 1.54) is 4.31 Å². The zero-order valence-electron chi connectivity index (χ0n) is 12.1. The third kappa shape index (κ3) is 4.94. The fourth-order valence-corrected chi connectivity index (χ4v) is 3.53. The van der Waals surface area contributed by atoms with Crippen molar-refractivity contribution in [2.45, 2.75) is 32.6 Å². The predicted molar refractivity (Wildman–Crippen MR) is 77.5 cm³/mol. The van der Waals surface area contributed by atoms with Gasteiger partial charge in [0, 0.05) is 6.04 Å². The van der Waals surface area contributed by atoms with Crippen LogP contribution in [-0.4, -0.2) is 37.9 Å². The van der Waals surface area contributed by atoms with Gasteiger partial charge in [-0.1, -0.05) is 30.3 Å². The molecule has 0 heterocycles. The molecule has 0 aliphatic heterocycles. The molecule has 0 aromatic heterocycles. The Kier molecular flexibility index (Phi) is 6.16. The highest BCUT2D eigenvalue weighted by molar-refractivity contribution is 7.88. The fraction of sp³-hybridized carbons (Fsp3) is 0.500. The van der Waals surface area contributed by atoms with Gasteiger partial charge in [-0.25, -0.2) is 8.42 Å². The first-order valence-electron chi connectivity index (χ1n) is 6.56. The molecule has 0 bridgehead atoms. The van der Waals surface area contributed by atoms with E-state index in [2.05, 4.69) is 0 Å². The van der Waals surface area contributed by atoms with Crippen molar-refractivity contribution in [3.63, 3.8) is 0 Å². The van der Waals surface area contributed by atoms with E-state index in [0.29, 0.717) is 5.56 Å². The van der Waals surface area contributed by atoms with Gasteiger partial charge in [-0.05, 0) is 26.3 Å². The van der Waals surface area contributed by atoms with Crippen LogP contribution in [0.4, 0.5) is 0 Å². The van der Waals surface area contributed by atoms with Crippen LogP contribution in [0.2, 0.25) is 0 Å². The smallest absolute Gasteiger partial charge is 0.321 e. The molecular weight excluding hydrogens is 278 g/mol. The summed E-state index contributed by atoms with van der Waals surface area (Å²) in [6.07, 6.45) is 0. The highest BCUT2D eigenvalue weighted by Gasteiger charge is 2.27. The van der Waals surface area contributed by atoms with Crippen LogP contribution < -0.4 is 0 Å². The second-order valence-corrected chi connectivity index (χ2v) is 6.61. The Labute approximate surface area is 120 Å². The van der Waals surface area contributed by atoms with Crippen molar-refractivity contribution in [1.82, 2.24) is 4.31 Å². The lowest BCUT2D eigenvalue weighted by Crippen LogP contribution is -2.41. The molecule has 6 heteroatoms. The summed E-state index contributed by atoms with van der Waals surface area (Å²) in [6.45, 7) is 5.16. The van der Waals surface area contributed by atoms with Gasteiger partial charge in [-0.3, -0.25) is 4.79 Å². The molecule has 5 nitrogen and oxygen atoms in total. The van der Waals surface area contributed by atoms with E-state index >= 15 is 0 Å². The number of hydrogen-bond acceptors (Lipinski definition) is 4. The molecule has 0 radical (unpaired) electrons. The number of rotatable bonds is 7. The Hall–Kier alpha value is -1.40. The maximum absolute atomic E-state index is 12.4. The van der Waals surface area contributed by atoms with Gasteiger partial charge in [0.2, 0.25) is 10.0 Å². The molecule has 1 rings (SSSR count). The van der Waals surface area contributed by atoms with Crippen LogP contribution in [0.15, 0.2) is 30.3 Å². The number of ether oxygens (including phenoxy) is 1. The van der Waals surface area contributed by atoms with Gasteiger partial charge in [0.05, 0.1) is 12.4 Å². The summed E-state index contributed by atoms with van der Waals surface area (Å²) in [5.41, 5.74) is 0.696. The quantitative estimate of drug-likeness (QED) is 0.720. The van der Waals surface area contributed by atoms with E-state index in [-0.39, 0.29) is 24.9 Å². The van der Waals surface area contributed by atoms with Gasteiger partial charge in [0.15, 0.2) is 0 Å². The van der Waals surface area contributed by atoms with Crippen molar-refractivity contribution < 1.29 is 17.9 Å². The van der Waals surface area contributed by atoms with E-state index < -0.39 is 16.0 Å². The second-order valence-electron chi connectivity index (χ2n) is 4.69. The second kappa shape index (κ2) is 7.40. The molecule has 0 fully saturated rings. The summed E-state index contributed by atoms with van der Waals surface area (Å²) in [6, 6.07) is 8.61. The molecule has 0 aliphatic carbocycles. The van der Waals surface area contributed by atoms with Crippen LogP contribution in [-0.2, 0) is 25.3 Å². The van der Waals surface area contributed by atoms with Crippen LogP contribution in [0.25, 0.3) is 0 Å². The normalized spacial score (nSPS) is 11.8. The van der Waals surface area contributed by atoms with Crippen LogP contribution >= 0.6 is 0 Å². The average molecular weight is 299 g/mol. The monoisotopic (exact) mass is 299 g/mol. The lowest BCUT2D eigenvalue weighted by molar-refractivity contribution is -0.143. The zero-order valence-corrected chi connectivity index (χ0v) is 12.9. The first kappa shape index (κ1) is 16.7. The standard InChI is InChI=1S/C14H21NO4S/c1-4-19-14(16)10-15(12(2)3)20(17,18)11-13-8-6-5-7-9-13/h5-9,12H,4,10-11H2,1-3H3. The summed E-state index contributed by atoms with van der Waals surface area (Å²) in [4.78, 5) is 11.5. The molecule has 0 atom stereocenters. The highest BCUT2D eigenvalue weighted by atomic mass is 32.2. The average Bonchev–Trinajstić information content (AvgIpc) is 2.36. The van der Waals surface area contributed by atoms with E-state index in [0.717, 1.165) is 0 Å². The third-order valence-corrected chi connectivity index (χ3v) is 4.68. The molecule has 0 saturated carbocycles. The molecule has 1 aromatic rings. The lowest BCUT2D eigenvalue weighted by Gasteiger charge is -2.24. The van der Waals surface area contributed by atoms with Crippen molar-refractivity contribution in [2.75, 3.05) is 13.2 Å². The molecule has 1 aromatic carbocycles. The summed E-state index contributed by atoms with van der Waals surface area (Å²) in [7, 11) is -3.56. The number of esters is 1. The maximum Gasteiger partial charge on any atom is 0.321 e. The van der Waals surface area contributed by atoms with Crippen molar-refractivity contribution in [1.29, 1.82) is 0 Å². The first-order chi connectivity index (χ1) is 9.36. The number of benzene rings is 1. The third-order valence-electron chi connectivity index (χ3n) is 2.72. The van der Waals surface area contributed by atoms with Crippen LogP contribution in [0.3, 0.4) is 0 Å². The molecule has 112 valence electrons. The summed E-state index contributed by atoms with van der Waals surface area (Å²) >= 11 is 0. The van der Waals surface area contributed by atoms with E-state index in [4.69, 9.17) is 4.74 Å². The van der Waals surface area contributed by atoms with Crippen molar-refractivity contribution in [3.05, 3.63) is 35.9 Å². The van der Waals surface area contributed by atoms with E-state index in [1.807, 2.05) is 6.07 Å². The number of carbonyl (C=O) groups is 1. The predicted octanol–water partition coefficient (Wildman–Crippen LogP) is 1.79. The number of nitrogens with zero attached hydrogens (tertiary/aromatic N) is 1. The Balaban J connectivity index is 2.87. The van der Waals surface area contributed by atoms with Crippen molar-refractivity contribution in [3.8, 4) is 0 Å². The largest absolute Gasteiger partial charge is 0.465 e. The van der Waals surface area contributed by atoms with Gasteiger partial charge in [-0.2, -0.15) is 4.31 Å². The number of sulfonamides is 1. The van der Waals surface area contributed by atoms with Crippen LogP contribution in [0.1, 0.15) is 26.3 Å². The van der Waals surface area contributed by atoms with Gasteiger partial charge in [0.1, 0.15) is 6.54 Å². The Morgan fingerprint density at radius 2 is 1.85 bits per heavy atom. The molecule has 0 spiro atoms. The molecule has 0 saturated heterocycles. The molecule has 0 N–H and O–H groups in total. The topological polar surface area (TPSA) is 63.7 Å². The molecule has 20 heavy (non-hydrogen) atoms. The van der Waals surface area contributed by atoms with Crippen LogP contribution in [0, 0.1) is 0 Å². The summed E-state index contributed by atoms with van der Waals surface area (Å²) < 4.78 is 30.8. The van der Waals surface area contributed by atoms with E-state index in [9.17, 15) is 13.2 Å². The first-order valence-corrected chi connectivity index (χ1v) is 8.16. The Morgan fingerprint density at radius 1 is 1.25 bits per heavy atom. The summed E-state index contributed by atoms with van der Waals surface area (Å²) in [5.74, 6) is -0.649. The van der Waals surface area contributed by atoms with Gasteiger partial charge < -0.3 is 4.74 Å². The van der Waals surface area contributed by atoms with Gasteiger partial charge in [-0.15, -0.1) is 0 Å².